The second-order valence-corrected chi connectivity index (χ2v) is 6.61. The largest absolute Gasteiger partial charge is 0.478 e. The Hall–Kier alpha value is -3.41. The fourth-order valence-corrected chi connectivity index (χ4v) is 3.34. The molecule has 28 heavy (non-hydrogen) atoms. The lowest BCUT2D eigenvalue weighted by atomic mass is 10.0. The Bertz CT molecular complexity index is 1200. The molecule has 0 radical (unpaired) electrons. The lowest BCUT2D eigenvalue weighted by molar-refractivity contribution is 0.0697. The summed E-state index contributed by atoms with van der Waals surface area (Å²) in [6.45, 7) is 3.39. The number of H-pyrrole nitrogens is 1. The molecule has 0 bridgehead atoms. The zero-order valence-electron chi connectivity index (χ0n) is 15.3. The van der Waals surface area contributed by atoms with E-state index in [1.807, 2.05) is 6.92 Å². The van der Waals surface area contributed by atoms with Crippen LogP contribution in [0.5, 0.6) is 0 Å². The monoisotopic (exact) mass is 381 g/mol. The quantitative estimate of drug-likeness (QED) is 0.460. The molecule has 2 heterocycles. The third-order valence-electron chi connectivity index (χ3n) is 4.93. The predicted octanol–water partition coefficient (Wildman–Crippen LogP) is 5.94. The van der Waals surface area contributed by atoms with Crippen LogP contribution in [-0.4, -0.2) is 16.1 Å². The number of aromatic carboxylic acids is 1. The van der Waals surface area contributed by atoms with Crippen molar-refractivity contribution in [3.05, 3.63) is 70.8 Å². The number of nitrogens with one attached hydrogen (secondary N) is 1. The molecular weight excluding hydrogens is 364 g/mol. The predicted molar refractivity (Wildman–Crippen MR) is 102 cm³/mol. The minimum absolute atomic E-state index is 0.0202. The first-order valence-corrected chi connectivity index (χ1v) is 8.83. The van der Waals surface area contributed by atoms with E-state index in [1.54, 1.807) is 24.3 Å². The van der Waals surface area contributed by atoms with Crippen LogP contribution in [0.2, 0.25) is 0 Å². The molecule has 2 N–H and O–H groups in total. The molecule has 2 aromatic heterocycles. The second kappa shape index (κ2) is 6.64. The van der Waals surface area contributed by atoms with Gasteiger partial charge in [-0.1, -0.05) is 19.1 Å². The van der Waals surface area contributed by atoms with E-state index in [0.717, 1.165) is 5.56 Å². The van der Waals surface area contributed by atoms with Crippen LogP contribution in [0.1, 0.15) is 28.4 Å². The highest BCUT2D eigenvalue weighted by Crippen LogP contribution is 2.37. The van der Waals surface area contributed by atoms with Gasteiger partial charge in [-0.25, -0.2) is 13.6 Å². The molecule has 4 rings (SSSR count). The van der Waals surface area contributed by atoms with Crippen LogP contribution in [0.15, 0.2) is 46.9 Å². The van der Waals surface area contributed by atoms with Crippen molar-refractivity contribution in [3.8, 4) is 22.7 Å². The molecule has 0 unspecified atom stereocenters. The lowest BCUT2D eigenvalue weighted by Crippen LogP contribution is -1.94. The van der Waals surface area contributed by atoms with Crippen molar-refractivity contribution in [2.75, 3.05) is 0 Å². The van der Waals surface area contributed by atoms with E-state index in [4.69, 9.17) is 9.52 Å². The standard InChI is InChI=1S/C22H17F2NO3/c1-3-12-10-15(23)11(2)18-19(24)21(28-20(12)18)17-9-8-16(25-17)13-4-6-14(7-5-13)22(26)27/h4-10,25H,3H2,1-2H3,(H,26,27). The Kier molecular flexibility index (Phi) is 4.26. The van der Waals surface area contributed by atoms with Crippen molar-refractivity contribution in [2.45, 2.75) is 20.3 Å². The Morgan fingerprint density at radius 1 is 1.11 bits per heavy atom. The topological polar surface area (TPSA) is 66.2 Å². The third kappa shape index (κ3) is 2.78. The summed E-state index contributed by atoms with van der Waals surface area (Å²) in [5.41, 5.74) is 3.23. The van der Waals surface area contributed by atoms with Crippen LogP contribution in [-0.2, 0) is 6.42 Å². The average molecular weight is 381 g/mol. The Morgan fingerprint density at radius 2 is 1.79 bits per heavy atom. The summed E-state index contributed by atoms with van der Waals surface area (Å²) in [7, 11) is 0. The average Bonchev–Trinajstić information content (AvgIpc) is 3.30. The minimum atomic E-state index is -1.00. The van der Waals surface area contributed by atoms with Crippen LogP contribution in [0.3, 0.4) is 0 Å². The van der Waals surface area contributed by atoms with Crippen molar-refractivity contribution < 1.29 is 23.1 Å². The molecule has 4 aromatic rings. The van der Waals surface area contributed by atoms with E-state index in [1.165, 1.54) is 25.1 Å². The molecule has 142 valence electrons. The third-order valence-corrected chi connectivity index (χ3v) is 4.93. The van der Waals surface area contributed by atoms with Gasteiger partial charge >= 0.3 is 5.97 Å². The van der Waals surface area contributed by atoms with Gasteiger partial charge in [0.2, 0.25) is 0 Å². The molecule has 6 heteroatoms. The molecule has 0 fully saturated rings. The highest BCUT2D eigenvalue weighted by molar-refractivity contribution is 5.90. The number of aromatic amines is 1. The first-order valence-electron chi connectivity index (χ1n) is 8.83. The number of fused-ring (bicyclic) bond motifs is 1. The van der Waals surface area contributed by atoms with E-state index >= 15 is 4.39 Å². The Morgan fingerprint density at radius 3 is 2.43 bits per heavy atom. The number of benzene rings is 2. The minimum Gasteiger partial charge on any atom is -0.478 e. The van der Waals surface area contributed by atoms with Gasteiger partial charge in [-0.15, -0.1) is 0 Å². The fourth-order valence-electron chi connectivity index (χ4n) is 3.34. The first kappa shape index (κ1) is 18.0. The molecule has 0 saturated heterocycles. The molecular formula is C22H17F2NO3. The van der Waals surface area contributed by atoms with Crippen LogP contribution >= 0.6 is 0 Å². The maximum absolute atomic E-state index is 15.1. The summed E-state index contributed by atoms with van der Waals surface area (Å²) in [5, 5.41) is 9.16. The van der Waals surface area contributed by atoms with Crippen molar-refractivity contribution in [2.24, 2.45) is 0 Å². The van der Waals surface area contributed by atoms with Crippen molar-refractivity contribution in [1.82, 2.24) is 4.98 Å². The highest BCUT2D eigenvalue weighted by Gasteiger charge is 2.23. The molecule has 2 aromatic carbocycles. The van der Waals surface area contributed by atoms with Crippen LogP contribution < -0.4 is 0 Å². The number of halogens is 2. The summed E-state index contributed by atoms with van der Waals surface area (Å²) in [4.78, 5) is 14.1. The smallest absolute Gasteiger partial charge is 0.335 e. The SMILES string of the molecule is CCc1cc(F)c(C)c2c(F)c(-c3ccc(-c4ccc(C(=O)O)cc4)[nH]3)oc12. The fraction of sp³-hybridized carbons (Fsp3) is 0.136. The molecule has 0 spiro atoms. The van der Waals surface area contributed by atoms with Crippen LogP contribution in [0, 0.1) is 18.6 Å². The highest BCUT2D eigenvalue weighted by atomic mass is 19.1. The number of carboxylic acids is 1. The molecule has 0 aliphatic carbocycles. The molecule has 0 aliphatic rings. The second-order valence-electron chi connectivity index (χ2n) is 6.61. The van der Waals surface area contributed by atoms with Gasteiger partial charge in [0.05, 0.1) is 16.6 Å². The summed E-state index contributed by atoms with van der Waals surface area (Å²) in [5.74, 6) is -2.04. The van der Waals surface area contributed by atoms with Gasteiger partial charge in [-0.05, 0) is 60.4 Å². The van der Waals surface area contributed by atoms with Gasteiger partial charge in [0, 0.05) is 5.69 Å². The summed E-state index contributed by atoms with van der Waals surface area (Å²) in [6, 6.07) is 11.2. The van der Waals surface area contributed by atoms with E-state index in [0.29, 0.717) is 29.0 Å². The van der Waals surface area contributed by atoms with Crippen molar-refractivity contribution in [3.63, 3.8) is 0 Å². The number of hydrogen-bond donors (Lipinski definition) is 2. The van der Waals surface area contributed by atoms with Crippen molar-refractivity contribution in [1.29, 1.82) is 0 Å². The summed E-state index contributed by atoms with van der Waals surface area (Å²) >= 11 is 0. The van der Waals surface area contributed by atoms with Gasteiger partial charge in [0.25, 0.3) is 0 Å². The van der Waals surface area contributed by atoms with Gasteiger partial charge in [-0.3, -0.25) is 0 Å². The van der Waals surface area contributed by atoms with Crippen LogP contribution in [0.4, 0.5) is 8.78 Å². The van der Waals surface area contributed by atoms with E-state index in [2.05, 4.69) is 4.98 Å². The zero-order chi connectivity index (χ0) is 20.0. The Balaban J connectivity index is 1.80. The normalized spacial score (nSPS) is 11.3. The first-order chi connectivity index (χ1) is 13.4. The summed E-state index contributed by atoms with van der Waals surface area (Å²) in [6.07, 6.45) is 0.520. The maximum Gasteiger partial charge on any atom is 0.335 e. The summed E-state index contributed by atoms with van der Waals surface area (Å²) < 4.78 is 35.0. The molecule has 0 amide bonds. The van der Waals surface area contributed by atoms with Gasteiger partial charge < -0.3 is 14.5 Å². The van der Waals surface area contributed by atoms with Crippen LogP contribution in [0.25, 0.3) is 33.7 Å². The van der Waals surface area contributed by atoms with Crippen molar-refractivity contribution >= 4 is 16.9 Å². The number of carbonyl (C=O) groups is 1. The zero-order valence-corrected chi connectivity index (χ0v) is 15.3. The number of hydrogen-bond acceptors (Lipinski definition) is 2. The molecule has 0 atom stereocenters. The van der Waals surface area contributed by atoms with E-state index < -0.39 is 17.6 Å². The number of rotatable bonds is 4. The number of aromatic nitrogens is 1. The van der Waals surface area contributed by atoms with E-state index in [-0.39, 0.29) is 22.3 Å². The Labute approximate surface area is 159 Å². The molecule has 0 aliphatic heterocycles. The van der Waals surface area contributed by atoms with Gasteiger partial charge in [0.15, 0.2) is 11.6 Å². The van der Waals surface area contributed by atoms with E-state index in [9.17, 15) is 9.18 Å². The lowest BCUT2D eigenvalue weighted by Gasteiger charge is -2.02. The maximum atomic E-state index is 15.1. The number of carboxylic acid groups (broad SMARTS) is 1. The van der Waals surface area contributed by atoms with Gasteiger partial charge in [-0.2, -0.15) is 0 Å². The van der Waals surface area contributed by atoms with Gasteiger partial charge in [0.1, 0.15) is 11.4 Å². The molecule has 4 nitrogen and oxygen atoms in total. The molecule has 0 saturated carbocycles. The number of aryl methyl sites for hydroxylation is 2. The number of furan rings is 1.